The molecule has 1 aromatic rings. The number of halogens is 1. The van der Waals surface area contributed by atoms with Gasteiger partial charge in [-0.2, -0.15) is 0 Å². The fourth-order valence-corrected chi connectivity index (χ4v) is 1.06. The van der Waals surface area contributed by atoms with Gasteiger partial charge in [0, 0.05) is 23.7 Å². The number of rotatable bonds is 4. The van der Waals surface area contributed by atoms with Crippen molar-refractivity contribution >= 4 is 17.4 Å². The number of aryl methyl sites for hydroxylation is 1. The molecule has 0 spiro atoms. The molecule has 0 aliphatic rings. The molecular formula is C9H14ClN3. The molecule has 1 aromatic heterocycles. The van der Waals surface area contributed by atoms with Crippen molar-refractivity contribution in [1.29, 1.82) is 0 Å². The predicted octanol–water partition coefficient (Wildman–Crippen LogP) is 2.21. The summed E-state index contributed by atoms with van der Waals surface area (Å²) in [5.41, 5.74) is 0.969. The molecule has 4 heteroatoms. The molecule has 0 saturated heterocycles. The molecule has 3 nitrogen and oxygen atoms in total. The van der Waals surface area contributed by atoms with Crippen LogP contribution >= 0.6 is 11.6 Å². The van der Waals surface area contributed by atoms with Crippen molar-refractivity contribution in [1.82, 2.24) is 9.97 Å². The van der Waals surface area contributed by atoms with Crippen molar-refractivity contribution in [3.05, 3.63) is 18.1 Å². The molecule has 0 amide bonds. The molecule has 13 heavy (non-hydrogen) atoms. The Morgan fingerprint density at radius 2 is 2.31 bits per heavy atom. The smallest absolute Gasteiger partial charge is 0.129 e. The van der Waals surface area contributed by atoms with Gasteiger partial charge in [-0.15, -0.1) is 11.6 Å². The van der Waals surface area contributed by atoms with Crippen LogP contribution < -0.4 is 5.32 Å². The summed E-state index contributed by atoms with van der Waals surface area (Å²) in [4.78, 5) is 8.08. The number of hydrogen-bond acceptors (Lipinski definition) is 3. The van der Waals surface area contributed by atoms with Crippen LogP contribution in [0.4, 0.5) is 5.82 Å². The maximum Gasteiger partial charge on any atom is 0.129 e. The molecule has 1 atom stereocenters. The Morgan fingerprint density at radius 1 is 1.54 bits per heavy atom. The zero-order chi connectivity index (χ0) is 9.68. The second-order valence-corrected chi connectivity index (χ2v) is 3.79. The molecule has 1 heterocycles. The molecule has 1 N–H and O–H groups in total. The normalized spacial score (nSPS) is 12.5. The Labute approximate surface area is 83.5 Å². The van der Waals surface area contributed by atoms with Crippen molar-refractivity contribution in [3.8, 4) is 0 Å². The number of nitrogens with one attached hydrogen (secondary N) is 1. The van der Waals surface area contributed by atoms with E-state index in [9.17, 15) is 0 Å². The van der Waals surface area contributed by atoms with Crippen LogP contribution in [0.2, 0.25) is 0 Å². The van der Waals surface area contributed by atoms with Crippen LogP contribution in [0, 0.1) is 6.92 Å². The Bertz CT molecular complexity index is 263. The van der Waals surface area contributed by atoms with E-state index < -0.39 is 0 Å². The molecule has 72 valence electrons. The number of anilines is 1. The second-order valence-electron chi connectivity index (χ2n) is 3.04. The monoisotopic (exact) mass is 199 g/mol. The summed E-state index contributed by atoms with van der Waals surface area (Å²) in [7, 11) is 0. The highest BCUT2D eigenvalue weighted by atomic mass is 35.5. The average molecular weight is 200 g/mol. The topological polar surface area (TPSA) is 37.8 Å². The third kappa shape index (κ3) is 4.08. The molecule has 0 fully saturated rings. The summed E-state index contributed by atoms with van der Waals surface area (Å²) in [6.45, 7) is 4.77. The van der Waals surface area contributed by atoms with Crippen molar-refractivity contribution in [3.63, 3.8) is 0 Å². The fourth-order valence-electron chi connectivity index (χ4n) is 0.950. The zero-order valence-corrected chi connectivity index (χ0v) is 8.67. The van der Waals surface area contributed by atoms with Crippen molar-refractivity contribution in [2.75, 3.05) is 11.9 Å². The van der Waals surface area contributed by atoms with Gasteiger partial charge in [-0.25, -0.2) is 9.97 Å². The lowest BCUT2D eigenvalue weighted by Crippen LogP contribution is -2.07. The highest BCUT2D eigenvalue weighted by Crippen LogP contribution is 2.04. The van der Waals surface area contributed by atoms with E-state index in [1.54, 1.807) is 6.33 Å². The Hall–Kier alpha value is -0.830. The molecule has 0 aromatic carbocycles. The largest absolute Gasteiger partial charge is 0.370 e. The Morgan fingerprint density at radius 3 is 2.92 bits per heavy atom. The standard InChI is InChI=1S/C9H14ClN3/c1-7(10)3-4-11-9-5-8(2)12-6-13-9/h5-7H,3-4H2,1-2H3,(H,11,12,13). The first-order chi connectivity index (χ1) is 6.18. The van der Waals surface area contributed by atoms with Crippen LogP contribution in [0.3, 0.4) is 0 Å². The SMILES string of the molecule is Cc1cc(NCCC(C)Cl)ncn1. The minimum atomic E-state index is 0.204. The molecule has 0 radical (unpaired) electrons. The highest BCUT2D eigenvalue weighted by molar-refractivity contribution is 6.20. The number of aromatic nitrogens is 2. The second kappa shape index (κ2) is 5.02. The molecule has 1 unspecified atom stereocenters. The minimum Gasteiger partial charge on any atom is -0.370 e. The summed E-state index contributed by atoms with van der Waals surface area (Å²) in [5, 5.41) is 3.39. The van der Waals surface area contributed by atoms with Gasteiger partial charge in [-0.3, -0.25) is 0 Å². The highest BCUT2D eigenvalue weighted by Gasteiger charge is 1.97. The van der Waals surface area contributed by atoms with Crippen LogP contribution in [-0.4, -0.2) is 21.9 Å². The molecule has 0 aliphatic heterocycles. The van der Waals surface area contributed by atoms with Crippen molar-refractivity contribution < 1.29 is 0 Å². The van der Waals surface area contributed by atoms with Gasteiger partial charge >= 0.3 is 0 Å². The Balaban J connectivity index is 2.37. The van der Waals surface area contributed by atoms with Crippen LogP contribution in [0.1, 0.15) is 19.0 Å². The van der Waals surface area contributed by atoms with Crippen LogP contribution in [-0.2, 0) is 0 Å². The maximum absolute atomic E-state index is 5.80. The van der Waals surface area contributed by atoms with Crippen LogP contribution in [0.25, 0.3) is 0 Å². The number of alkyl halides is 1. The molecular weight excluding hydrogens is 186 g/mol. The fraction of sp³-hybridized carbons (Fsp3) is 0.556. The quantitative estimate of drug-likeness (QED) is 0.756. The first-order valence-electron chi connectivity index (χ1n) is 4.35. The van der Waals surface area contributed by atoms with Crippen molar-refractivity contribution in [2.45, 2.75) is 25.6 Å². The first kappa shape index (κ1) is 10.3. The van der Waals surface area contributed by atoms with Gasteiger partial charge in [0.25, 0.3) is 0 Å². The predicted molar refractivity (Wildman–Crippen MR) is 55.2 cm³/mol. The summed E-state index contributed by atoms with van der Waals surface area (Å²) in [6, 6.07) is 1.92. The van der Waals surface area contributed by atoms with E-state index >= 15 is 0 Å². The third-order valence-electron chi connectivity index (χ3n) is 1.65. The van der Waals surface area contributed by atoms with Crippen LogP contribution in [0.5, 0.6) is 0 Å². The first-order valence-corrected chi connectivity index (χ1v) is 4.78. The Kier molecular flexibility index (Phi) is 3.96. The van der Waals surface area contributed by atoms with E-state index in [0.29, 0.717) is 0 Å². The van der Waals surface area contributed by atoms with Crippen molar-refractivity contribution in [2.24, 2.45) is 0 Å². The van der Waals surface area contributed by atoms with Gasteiger partial charge in [0.15, 0.2) is 0 Å². The molecule has 0 aliphatic carbocycles. The van der Waals surface area contributed by atoms with Gasteiger partial charge in [0.05, 0.1) is 0 Å². The molecule has 0 bridgehead atoms. The lowest BCUT2D eigenvalue weighted by atomic mass is 10.3. The lowest BCUT2D eigenvalue weighted by molar-refractivity contribution is 0.838. The zero-order valence-electron chi connectivity index (χ0n) is 7.92. The van der Waals surface area contributed by atoms with E-state index in [2.05, 4.69) is 15.3 Å². The van der Waals surface area contributed by atoms with Gasteiger partial charge in [-0.05, 0) is 20.3 Å². The summed E-state index contributed by atoms with van der Waals surface area (Å²) >= 11 is 5.80. The molecule has 1 rings (SSSR count). The van der Waals surface area contributed by atoms with E-state index in [-0.39, 0.29) is 5.38 Å². The van der Waals surface area contributed by atoms with Gasteiger partial charge < -0.3 is 5.32 Å². The molecule has 0 saturated carbocycles. The average Bonchev–Trinajstić information content (AvgIpc) is 2.03. The summed E-state index contributed by atoms with van der Waals surface area (Å²) < 4.78 is 0. The number of hydrogen-bond donors (Lipinski definition) is 1. The van der Waals surface area contributed by atoms with E-state index in [1.807, 2.05) is 19.9 Å². The third-order valence-corrected chi connectivity index (χ3v) is 1.87. The van der Waals surface area contributed by atoms with E-state index in [4.69, 9.17) is 11.6 Å². The van der Waals surface area contributed by atoms with Crippen LogP contribution in [0.15, 0.2) is 12.4 Å². The number of nitrogens with zero attached hydrogens (tertiary/aromatic N) is 2. The minimum absolute atomic E-state index is 0.204. The van der Waals surface area contributed by atoms with Gasteiger partial charge in [0.2, 0.25) is 0 Å². The van der Waals surface area contributed by atoms with E-state index in [1.165, 1.54) is 0 Å². The lowest BCUT2D eigenvalue weighted by Gasteiger charge is -2.06. The summed E-state index contributed by atoms with van der Waals surface area (Å²) in [6.07, 6.45) is 2.49. The van der Waals surface area contributed by atoms with Gasteiger partial charge in [-0.1, -0.05) is 0 Å². The summed E-state index contributed by atoms with van der Waals surface area (Å²) in [5.74, 6) is 0.866. The van der Waals surface area contributed by atoms with Gasteiger partial charge in [0.1, 0.15) is 12.1 Å². The van der Waals surface area contributed by atoms with E-state index in [0.717, 1.165) is 24.5 Å². The maximum atomic E-state index is 5.80.